The molecule has 1 aromatic rings. The van der Waals surface area contributed by atoms with Crippen LogP contribution < -0.4 is 4.90 Å². The molecule has 1 fully saturated rings. The minimum Gasteiger partial charge on any atom is -0.306 e. The number of aromatic nitrogens is 1. The Bertz CT molecular complexity index is 463. The van der Waals surface area contributed by atoms with Crippen LogP contribution in [0.2, 0.25) is 0 Å². The molecular formula is C13H17N3O. The maximum Gasteiger partial charge on any atom is 0.238 e. The highest BCUT2D eigenvalue weighted by Crippen LogP contribution is 2.45. The zero-order valence-electron chi connectivity index (χ0n) is 10.3. The highest BCUT2D eigenvalue weighted by molar-refractivity contribution is 6.06. The second-order valence-electron chi connectivity index (χ2n) is 5.12. The lowest BCUT2D eigenvalue weighted by atomic mass is 9.74. The number of amides is 1. The molecule has 0 unspecified atom stereocenters. The summed E-state index contributed by atoms with van der Waals surface area (Å²) >= 11 is 0. The maximum absolute atomic E-state index is 12.5. The largest absolute Gasteiger partial charge is 0.306 e. The normalized spacial score (nSPS) is 23.2. The van der Waals surface area contributed by atoms with Gasteiger partial charge in [-0.3, -0.25) is 9.69 Å². The van der Waals surface area contributed by atoms with E-state index in [-0.39, 0.29) is 11.3 Å². The van der Waals surface area contributed by atoms with Crippen molar-refractivity contribution in [1.82, 2.24) is 9.88 Å². The number of anilines is 1. The van der Waals surface area contributed by atoms with E-state index in [4.69, 9.17) is 0 Å². The van der Waals surface area contributed by atoms with E-state index in [0.717, 1.165) is 37.3 Å². The van der Waals surface area contributed by atoms with Crippen molar-refractivity contribution in [2.75, 3.05) is 32.1 Å². The van der Waals surface area contributed by atoms with Crippen LogP contribution in [0.25, 0.3) is 0 Å². The van der Waals surface area contributed by atoms with Gasteiger partial charge in [-0.15, -0.1) is 0 Å². The lowest BCUT2D eigenvalue weighted by molar-refractivity contribution is -0.124. The molecule has 0 aromatic carbocycles. The molecule has 0 bridgehead atoms. The van der Waals surface area contributed by atoms with E-state index >= 15 is 0 Å². The van der Waals surface area contributed by atoms with E-state index in [2.05, 4.69) is 23.0 Å². The van der Waals surface area contributed by atoms with Gasteiger partial charge in [0.15, 0.2) is 0 Å². The molecule has 0 aliphatic carbocycles. The first-order valence-electron chi connectivity index (χ1n) is 6.07. The topological polar surface area (TPSA) is 36.4 Å². The van der Waals surface area contributed by atoms with Crippen molar-refractivity contribution in [2.24, 2.45) is 0 Å². The number of fused-ring (bicyclic) bond motifs is 2. The summed E-state index contributed by atoms with van der Waals surface area (Å²) in [6.07, 6.45) is 3.58. The van der Waals surface area contributed by atoms with Crippen LogP contribution in [-0.4, -0.2) is 43.0 Å². The Balaban J connectivity index is 2.09. The number of carbonyl (C=O) groups excluding carboxylic acids is 1. The molecule has 90 valence electrons. The second-order valence-corrected chi connectivity index (χ2v) is 5.12. The van der Waals surface area contributed by atoms with Gasteiger partial charge in [0, 0.05) is 18.8 Å². The van der Waals surface area contributed by atoms with E-state index < -0.39 is 0 Å². The second kappa shape index (κ2) is 3.53. The first-order chi connectivity index (χ1) is 8.15. The summed E-state index contributed by atoms with van der Waals surface area (Å²) in [6, 6.07) is 4.00. The molecule has 0 radical (unpaired) electrons. The van der Waals surface area contributed by atoms with Crippen LogP contribution in [0.1, 0.15) is 18.4 Å². The standard InChI is InChI=1S/C13H17N3O/c1-15-8-5-13(6-9-15)10-4-3-7-14-11(10)16(2)12(13)17/h3-4,7H,5-6,8-9H2,1-2H3. The third kappa shape index (κ3) is 1.33. The molecule has 4 heteroatoms. The Labute approximate surface area is 101 Å². The minimum atomic E-state index is -0.301. The molecule has 3 rings (SSSR count). The molecule has 1 spiro atoms. The Kier molecular flexibility index (Phi) is 2.23. The first kappa shape index (κ1) is 10.7. The third-order valence-electron chi connectivity index (χ3n) is 4.17. The van der Waals surface area contributed by atoms with Gasteiger partial charge in [0.05, 0.1) is 5.41 Å². The van der Waals surface area contributed by atoms with Gasteiger partial charge >= 0.3 is 0 Å². The molecular weight excluding hydrogens is 214 g/mol. The van der Waals surface area contributed by atoms with Crippen LogP contribution in [0.4, 0.5) is 5.82 Å². The van der Waals surface area contributed by atoms with Gasteiger partial charge in [-0.05, 0) is 39.0 Å². The van der Waals surface area contributed by atoms with Gasteiger partial charge in [-0.25, -0.2) is 4.98 Å². The van der Waals surface area contributed by atoms with E-state index in [1.165, 1.54) is 0 Å². The SMILES string of the molecule is CN1CCC2(CC1)C(=O)N(C)c1ncccc12. The van der Waals surface area contributed by atoms with Crippen LogP contribution in [0.3, 0.4) is 0 Å². The molecule has 4 nitrogen and oxygen atoms in total. The summed E-state index contributed by atoms with van der Waals surface area (Å²) in [5, 5.41) is 0. The summed E-state index contributed by atoms with van der Waals surface area (Å²) in [5.74, 6) is 1.07. The Morgan fingerprint density at radius 1 is 1.29 bits per heavy atom. The molecule has 1 aromatic heterocycles. The van der Waals surface area contributed by atoms with E-state index in [0.29, 0.717) is 0 Å². The Morgan fingerprint density at radius 3 is 2.71 bits per heavy atom. The Hall–Kier alpha value is -1.42. The van der Waals surface area contributed by atoms with Crippen molar-refractivity contribution in [2.45, 2.75) is 18.3 Å². The lowest BCUT2D eigenvalue weighted by Crippen LogP contribution is -2.46. The van der Waals surface area contributed by atoms with Crippen molar-refractivity contribution < 1.29 is 4.79 Å². The van der Waals surface area contributed by atoms with Crippen molar-refractivity contribution in [1.29, 1.82) is 0 Å². The summed E-state index contributed by atoms with van der Waals surface area (Å²) in [6.45, 7) is 1.96. The number of pyridine rings is 1. The molecule has 17 heavy (non-hydrogen) atoms. The highest BCUT2D eigenvalue weighted by atomic mass is 16.2. The predicted octanol–water partition coefficient (Wildman–Crippen LogP) is 1.02. The van der Waals surface area contributed by atoms with Gasteiger partial charge < -0.3 is 4.90 Å². The van der Waals surface area contributed by atoms with E-state index in [1.54, 1.807) is 11.1 Å². The monoisotopic (exact) mass is 231 g/mol. The molecule has 2 aliphatic rings. The highest BCUT2D eigenvalue weighted by Gasteiger charge is 2.51. The molecule has 0 saturated carbocycles. The van der Waals surface area contributed by atoms with Crippen LogP contribution in [-0.2, 0) is 10.2 Å². The van der Waals surface area contributed by atoms with E-state index in [1.807, 2.05) is 13.1 Å². The van der Waals surface area contributed by atoms with Gasteiger partial charge in [0.25, 0.3) is 0 Å². The number of hydrogen-bond acceptors (Lipinski definition) is 3. The lowest BCUT2D eigenvalue weighted by Gasteiger charge is -2.36. The number of hydrogen-bond donors (Lipinski definition) is 0. The zero-order chi connectivity index (χ0) is 12.0. The van der Waals surface area contributed by atoms with Gasteiger partial charge in [0.1, 0.15) is 5.82 Å². The van der Waals surface area contributed by atoms with Crippen molar-refractivity contribution in [3.63, 3.8) is 0 Å². The molecule has 0 N–H and O–H groups in total. The smallest absolute Gasteiger partial charge is 0.238 e. The number of carbonyl (C=O) groups is 1. The van der Waals surface area contributed by atoms with Crippen molar-refractivity contribution in [3.8, 4) is 0 Å². The van der Waals surface area contributed by atoms with Crippen LogP contribution in [0.15, 0.2) is 18.3 Å². The summed E-state index contributed by atoms with van der Waals surface area (Å²) in [7, 11) is 3.95. The van der Waals surface area contributed by atoms with Crippen molar-refractivity contribution in [3.05, 3.63) is 23.9 Å². The van der Waals surface area contributed by atoms with Gasteiger partial charge in [0.2, 0.25) is 5.91 Å². The number of nitrogens with zero attached hydrogens (tertiary/aromatic N) is 3. The average molecular weight is 231 g/mol. The zero-order valence-corrected chi connectivity index (χ0v) is 10.3. The van der Waals surface area contributed by atoms with Crippen LogP contribution in [0.5, 0.6) is 0 Å². The average Bonchev–Trinajstić information content (AvgIpc) is 2.57. The molecule has 2 aliphatic heterocycles. The van der Waals surface area contributed by atoms with Gasteiger partial charge in [-0.1, -0.05) is 6.07 Å². The van der Waals surface area contributed by atoms with Crippen LogP contribution >= 0.6 is 0 Å². The molecule has 3 heterocycles. The molecule has 1 saturated heterocycles. The quantitative estimate of drug-likeness (QED) is 0.669. The number of likely N-dealkylation sites (tertiary alicyclic amines) is 1. The first-order valence-corrected chi connectivity index (χ1v) is 6.07. The summed E-state index contributed by atoms with van der Waals surface area (Å²) < 4.78 is 0. The van der Waals surface area contributed by atoms with E-state index in [9.17, 15) is 4.79 Å². The van der Waals surface area contributed by atoms with Gasteiger partial charge in [-0.2, -0.15) is 0 Å². The van der Waals surface area contributed by atoms with Crippen molar-refractivity contribution >= 4 is 11.7 Å². The van der Waals surface area contributed by atoms with Crippen LogP contribution in [0, 0.1) is 0 Å². The summed E-state index contributed by atoms with van der Waals surface area (Å²) in [4.78, 5) is 20.9. The maximum atomic E-state index is 12.5. The predicted molar refractivity (Wildman–Crippen MR) is 66.1 cm³/mol. The number of rotatable bonds is 0. The minimum absolute atomic E-state index is 0.222. The molecule has 1 amide bonds. The fraction of sp³-hybridized carbons (Fsp3) is 0.538. The molecule has 0 atom stereocenters. The third-order valence-corrected chi connectivity index (χ3v) is 4.17. The fourth-order valence-corrected chi connectivity index (χ4v) is 3.05. The number of piperidine rings is 1. The Morgan fingerprint density at radius 2 is 2.00 bits per heavy atom. The summed E-state index contributed by atoms with van der Waals surface area (Å²) in [5.41, 5.74) is 0.825. The fourth-order valence-electron chi connectivity index (χ4n) is 3.05. The number of likely N-dealkylation sites (N-methyl/N-ethyl adjacent to an activating group) is 1.